The monoisotopic (exact) mass is 460 g/mol. The second-order valence-corrected chi connectivity index (χ2v) is 7.31. The van der Waals surface area contributed by atoms with Crippen LogP contribution in [-0.2, 0) is 16.6 Å². The van der Waals surface area contributed by atoms with Crippen molar-refractivity contribution in [2.75, 3.05) is 31.0 Å². The molecule has 2 heterocycles. The molecule has 10 heteroatoms. The average Bonchev–Trinajstić information content (AvgIpc) is 3.09. The van der Waals surface area contributed by atoms with Crippen molar-refractivity contribution >= 4 is 34.4 Å². The van der Waals surface area contributed by atoms with Gasteiger partial charge in [-0.05, 0) is 48.5 Å². The quantitative estimate of drug-likeness (QED) is 0.292. The molecule has 10 nitrogen and oxygen atoms in total. The van der Waals surface area contributed by atoms with Gasteiger partial charge in [0, 0.05) is 25.5 Å². The molecule has 34 heavy (non-hydrogen) atoms. The Balaban J connectivity index is 1.65. The van der Waals surface area contributed by atoms with Gasteiger partial charge in [-0.15, -0.1) is 0 Å². The molecule has 0 fully saturated rings. The number of amides is 1. The van der Waals surface area contributed by atoms with Gasteiger partial charge in [0.1, 0.15) is 17.9 Å². The number of anilines is 3. The van der Waals surface area contributed by atoms with E-state index >= 15 is 0 Å². The lowest BCUT2D eigenvalue weighted by Crippen LogP contribution is -2.21. The third-order valence-corrected chi connectivity index (χ3v) is 5.03. The number of aryl methyl sites for hydroxylation is 1. The first kappa shape index (κ1) is 22.7. The van der Waals surface area contributed by atoms with E-state index in [1.165, 1.54) is 15.2 Å². The van der Waals surface area contributed by atoms with Crippen LogP contribution >= 0.6 is 0 Å². The number of benzene rings is 2. The van der Waals surface area contributed by atoms with E-state index in [0.717, 1.165) is 11.4 Å². The van der Waals surface area contributed by atoms with E-state index in [1.54, 1.807) is 44.6 Å². The average molecular weight is 460 g/mol. The molecule has 0 aliphatic carbocycles. The maximum atomic E-state index is 13.0. The normalized spacial score (nSPS) is 10.8. The Hall–Kier alpha value is -4.44. The van der Waals surface area contributed by atoms with Crippen molar-refractivity contribution in [3.8, 4) is 11.4 Å². The van der Waals surface area contributed by atoms with Crippen LogP contribution in [0, 0.1) is 0 Å². The highest BCUT2D eigenvalue weighted by Crippen LogP contribution is 2.22. The van der Waals surface area contributed by atoms with Gasteiger partial charge in [-0.3, -0.25) is 9.36 Å². The van der Waals surface area contributed by atoms with Gasteiger partial charge in [0.15, 0.2) is 5.65 Å². The molecule has 4 rings (SSSR count). The smallest absolute Gasteiger partial charge is 0.334 e. The van der Waals surface area contributed by atoms with E-state index in [-0.39, 0.29) is 11.6 Å². The van der Waals surface area contributed by atoms with Crippen molar-refractivity contribution in [1.29, 1.82) is 0 Å². The molecular weight excluding hydrogens is 436 g/mol. The Bertz CT molecular complexity index is 1390. The number of nitrogens with one attached hydrogen (secondary N) is 2. The fourth-order valence-corrected chi connectivity index (χ4v) is 3.33. The van der Waals surface area contributed by atoms with Crippen LogP contribution in [0.15, 0.2) is 72.2 Å². The molecule has 0 bridgehead atoms. The lowest BCUT2D eigenvalue weighted by atomic mass is 10.2. The minimum atomic E-state index is -0.341. The van der Waals surface area contributed by atoms with Crippen LogP contribution < -0.4 is 21.1 Å². The molecule has 0 aliphatic rings. The van der Waals surface area contributed by atoms with E-state index < -0.39 is 0 Å². The number of nitrogens with zero attached hydrogens (tertiary/aromatic N) is 4. The van der Waals surface area contributed by atoms with Crippen molar-refractivity contribution in [2.45, 2.75) is 0 Å². The zero-order chi connectivity index (χ0) is 24.1. The number of fused-ring (bicyclic) bond motifs is 1. The lowest BCUT2D eigenvalue weighted by molar-refractivity contribution is -0.111. The Morgan fingerprint density at radius 1 is 1.15 bits per heavy atom. The predicted molar refractivity (Wildman–Crippen MR) is 130 cm³/mol. The number of aromatic nitrogens is 4. The minimum Gasteiger partial charge on any atom is -0.491 e. The summed E-state index contributed by atoms with van der Waals surface area (Å²) in [4.78, 5) is 33.6. The molecule has 0 unspecified atom stereocenters. The van der Waals surface area contributed by atoms with E-state index in [9.17, 15) is 9.59 Å². The van der Waals surface area contributed by atoms with E-state index in [0.29, 0.717) is 41.7 Å². The maximum Gasteiger partial charge on any atom is 0.334 e. The van der Waals surface area contributed by atoms with Crippen molar-refractivity contribution in [3.63, 3.8) is 0 Å². The molecule has 2 aromatic carbocycles. The molecule has 174 valence electrons. The highest BCUT2D eigenvalue weighted by atomic mass is 16.5. The number of methoxy groups -OCH3 is 1. The van der Waals surface area contributed by atoms with Gasteiger partial charge in [0.2, 0.25) is 11.9 Å². The fourth-order valence-electron chi connectivity index (χ4n) is 3.33. The van der Waals surface area contributed by atoms with Crippen LogP contribution in [0.25, 0.3) is 16.9 Å². The summed E-state index contributed by atoms with van der Waals surface area (Å²) < 4.78 is 13.5. The maximum absolute atomic E-state index is 13.0. The first-order valence-corrected chi connectivity index (χ1v) is 10.5. The number of rotatable bonds is 9. The summed E-state index contributed by atoms with van der Waals surface area (Å²) in [6.07, 6.45) is 2.77. The molecule has 0 radical (unpaired) electrons. The first-order chi connectivity index (χ1) is 16.5. The van der Waals surface area contributed by atoms with Crippen LogP contribution in [0.5, 0.6) is 5.75 Å². The Morgan fingerprint density at radius 2 is 1.94 bits per heavy atom. The zero-order valence-corrected chi connectivity index (χ0v) is 18.8. The second kappa shape index (κ2) is 10.0. The van der Waals surface area contributed by atoms with Crippen molar-refractivity contribution in [2.24, 2.45) is 7.05 Å². The highest BCUT2D eigenvalue weighted by Gasteiger charge is 2.16. The second-order valence-electron chi connectivity index (χ2n) is 7.31. The Kier molecular flexibility index (Phi) is 6.69. The first-order valence-electron chi connectivity index (χ1n) is 10.5. The van der Waals surface area contributed by atoms with Gasteiger partial charge in [-0.2, -0.15) is 4.98 Å². The van der Waals surface area contributed by atoms with E-state index in [2.05, 4.69) is 27.2 Å². The van der Waals surface area contributed by atoms with Crippen molar-refractivity contribution in [3.05, 3.63) is 77.9 Å². The summed E-state index contributed by atoms with van der Waals surface area (Å²) in [6.45, 7) is 4.43. The standard InChI is InChI=1S/C24H24N6O4/c1-4-21(31)26-17-6-5-7-18(14-17)30-22-20(29(2)24(30)32)15-25-23(28-22)27-16-8-10-19(11-9-16)34-13-12-33-3/h4-11,14-15H,1,12-13H2,2-3H3,(H,26,31)(H,25,27,28). The summed E-state index contributed by atoms with van der Waals surface area (Å²) >= 11 is 0. The fraction of sp³-hybridized carbons (Fsp3) is 0.167. The number of hydrogen-bond acceptors (Lipinski definition) is 7. The van der Waals surface area contributed by atoms with E-state index in [1.807, 2.05) is 24.3 Å². The molecule has 0 atom stereocenters. The van der Waals surface area contributed by atoms with Gasteiger partial charge in [-0.1, -0.05) is 12.6 Å². The minimum absolute atomic E-state index is 0.286. The molecule has 1 amide bonds. The molecular formula is C24H24N6O4. The largest absolute Gasteiger partial charge is 0.491 e. The number of imidazole rings is 1. The third kappa shape index (κ3) is 4.81. The lowest BCUT2D eigenvalue weighted by Gasteiger charge is -2.09. The molecule has 2 aromatic heterocycles. The van der Waals surface area contributed by atoms with Gasteiger partial charge < -0.3 is 20.1 Å². The molecule has 0 aliphatic heterocycles. The van der Waals surface area contributed by atoms with Crippen LogP contribution in [0.2, 0.25) is 0 Å². The number of ether oxygens (including phenoxy) is 2. The summed E-state index contributed by atoms with van der Waals surface area (Å²) in [5.74, 6) is 0.710. The van der Waals surface area contributed by atoms with Crippen molar-refractivity contribution in [1.82, 2.24) is 19.1 Å². The van der Waals surface area contributed by atoms with Gasteiger partial charge in [0.05, 0.1) is 18.5 Å². The van der Waals surface area contributed by atoms with Gasteiger partial charge in [0.25, 0.3) is 0 Å². The summed E-state index contributed by atoms with van der Waals surface area (Å²) in [5.41, 5.74) is 2.56. The van der Waals surface area contributed by atoms with E-state index in [4.69, 9.17) is 9.47 Å². The van der Waals surface area contributed by atoms with Gasteiger partial charge in [-0.25, -0.2) is 14.3 Å². The topological polar surface area (TPSA) is 112 Å². The highest BCUT2D eigenvalue weighted by molar-refractivity contribution is 5.99. The molecule has 2 N–H and O–H groups in total. The van der Waals surface area contributed by atoms with Crippen LogP contribution in [0.4, 0.5) is 17.3 Å². The molecule has 0 saturated carbocycles. The third-order valence-electron chi connectivity index (χ3n) is 5.03. The van der Waals surface area contributed by atoms with Crippen LogP contribution in [0.3, 0.4) is 0 Å². The summed E-state index contributed by atoms with van der Waals surface area (Å²) in [5, 5.41) is 5.85. The summed E-state index contributed by atoms with van der Waals surface area (Å²) in [6, 6.07) is 14.3. The Labute approximate surface area is 195 Å². The summed E-state index contributed by atoms with van der Waals surface area (Å²) in [7, 11) is 3.28. The SMILES string of the molecule is C=CC(=O)Nc1cccc(-n2c(=O)n(C)c3cnc(Nc4ccc(OCCOC)cc4)nc32)c1. The number of hydrogen-bond donors (Lipinski definition) is 2. The van der Waals surface area contributed by atoms with Crippen molar-refractivity contribution < 1.29 is 14.3 Å². The van der Waals surface area contributed by atoms with Crippen LogP contribution in [0.1, 0.15) is 0 Å². The number of carbonyl (C=O) groups is 1. The Morgan fingerprint density at radius 3 is 2.68 bits per heavy atom. The van der Waals surface area contributed by atoms with Crippen LogP contribution in [-0.4, -0.2) is 45.3 Å². The predicted octanol–water partition coefficient (Wildman–Crippen LogP) is 3.01. The molecule has 0 spiro atoms. The van der Waals surface area contributed by atoms with Gasteiger partial charge >= 0.3 is 5.69 Å². The number of carbonyl (C=O) groups excluding carboxylic acids is 1. The molecule has 4 aromatic rings. The molecule has 0 saturated heterocycles. The zero-order valence-electron chi connectivity index (χ0n) is 18.8.